The zero-order valence-corrected chi connectivity index (χ0v) is 21.4. The quantitative estimate of drug-likeness (QED) is 0.305. The molecule has 2 aromatic carbocycles. The zero-order valence-electron chi connectivity index (χ0n) is 20.6. The molecule has 0 aliphatic carbocycles. The molecule has 0 aromatic heterocycles. The van der Waals surface area contributed by atoms with E-state index in [4.69, 9.17) is 21.9 Å². The summed E-state index contributed by atoms with van der Waals surface area (Å²) in [6, 6.07) is 15.3. The number of aliphatic imine (C=N–C) groups is 1. The topological polar surface area (TPSA) is 33.6 Å². The number of allylic oxidation sites excluding steroid dienone is 2. The van der Waals surface area contributed by atoms with E-state index in [1.807, 2.05) is 13.1 Å². The van der Waals surface area contributed by atoms with Crippen molar-refractivity contribution in [1.29, 1.82) is 0 Å². The fourth-order valence-electron chi connectivity index (χ4n) is 4.50. The van der Waals surface area contributed by atoms with Crippen LogP contribution in [0.1, 0.15) is 74.1 Å². The third-order valence-corrected chi connectivity index (χ3v) is 6.76. The summed E-state index contributed by atoms with van der Waals surface area (Å²) in [7, 11) is 0. The van der Waals surface area contributed by atoms with Crippen molar-refractivity contribution in [2.24, 2.45) is 10.9 Å². The maximum absolute atomic E-state index is 5.72. The number of unbranched alkanes of at least 4 members (excludes halogenated alkanes) is 1. The predicted octanol–water partition coefficient (Wildman–Crippen LogP) is 7.77. The fraction of sp³-hybridized carbons (Fsp3) is 0.448. The van der Waals surface area contributed by atoms with Crippen LogP contribution in [0.5, 0.6) is 0 Å². The van der Waals surface area contributed by atoms with Crippen LogP contribution in [0, 0.1) is 19.8 Å². The first-order valence-electron chi connectivity index (χ1n) is 12.3. The predicted molar refractivity (Wildman–Crippen MR) is 146 cm³/mol. The summed E-state index contributed by atoms with van der Waals surface area (Å²) in [4.78, 5) is 5.74. The van der Waals surface area contributed by atoms with Crippen LogP contribution in [0.4, 0.5) is 5.69 Å². The monoisotopic (exact) mass is 462 g/mol. The Bertz CT molecular complexity index is 989. The number of hydrogen-bond donors (Lipinski definition) is 1. The summed E-state index contributed by atoms with van der Waals surface area (Å²) in [5.74, 6) is 0.700. The summed E-state index contributed by atoms with van der Waals surface area (Å²) in [6.07, 6.45) is 9.43. The molecule has 0 radical (unpaired) electrons. The van der Waals surface area contributed by atoms with Gasteiger partial charge in [-0.15, -0.1) is 0 Å². The lowest BCUT2D eigenvalue weighted by Gasteiger charge is -2.24. The molecule has 3 nitrogen and oxygen atoms in total. The first-order valence-corrected chi connectivity index (χ1v) is 12.7. The number of ether oxygens (including phenoxy) is 1. The summed E-state index contributed by atoms with van der Waals surface area (Å²) in [5.41, 5.74) is 7.33. The van der Waals surface area contributed by atoms with Crippen LogP contribution >= 0.6 is 12.2 Å². The van der Waals surface area contributed by atoms with Crippen molar-refractivity contribution in [1.82, 2.24) is 0 Å². The second-order valence-corrected chi connectivity index (χ2v) is 9.45. The second-order valence-electron chi connectivity index (χ2n) is 8.96. The van der Waals surface area contributed by atoms with Crippen molar-refractivity contribution < 1.29 is 4.74 Å². The molecule has 0 saturated carbocycles. The lowest BCUT2D eigenvalue weighted by atomic mass is 9.84. The Morgan fingerprint density at radius 3 is 2.67 bits per heavy atom. The van der Waals surface area contributed by atoms with Crippen molar-refractivity contribution >= 4 is 29.1 Å². The molecule has 1 saturated heterocycles. The minimum Gasteiger partial charge on any atom is -0.381 e. The van der Waals surface area contributed by atoms with Crippen LogP contribution in [-0.4, -0.2) is 24.4 Å². The minimum atomic E-state index is 0.0819. The Morgan fingerprint density at radius 2 is 1.94 bits per heavy atom. The molecule has 1 N–H and O–H groups in total. The van der Waals surface area contributed by atoms with Crippen LogP contribution in [0.2, 0.25) is 0 Å². The number of nitrogens with zero attached hydrogens (tertiary/aromatic N) is 1. The van der Waals surface area contributed by atoms with Gasteiger partial charge in [0.15, 0.2) is 0 Å². The molecule has 1 unspecified atom stereocenters. The average molecular weight is 463 g/mol. The zero-order chi connectivity index (χ0) is 23.6. The fourth-order valence-corrected chi connectivity index (χ4v) is 4.86. The minimum absolute atomic E-state index is 0.0819. The maximum Gasteiger partial charge on any atom is 0.0800 e. The number of aryl methyl sites for hydroxylation is 1. The molecule has 4 heteroatoms. The van der Waals surface area contributed by atoms with Gasteiger partial charge in [0.2, 0.25) is 0 Å². The molecule has 1 atom stereocenters. The molecule has 1 aliphatic rings. The van der Waals surface area contributed by atoms with Crippen LogP contribution in [0.15, 0.2) is 59.2 Å². The molecule has 0 spiro atoms. The highest BCUT2D eigenvalue weighted by atomic mass is 32.1. The van der Waals surface area contributed by atoms with E-state index in [1.54, 1.807) is 0 Å². The Hall–Kier alpha value is -2.30. The van der Waals surface area contributed by atoms with Gasteiger partial charge in [0.05, 0.1) is 10.9 Å². The van der Waals surface area contributed by atoms with Crippen molar-refractivity contribution in [2.45, 2.75) is 65.7 Å². The van der Waals surface area contributed by atoms with Crippen molar-refractivity contribution in [3.05, 3.63) is 76.5 Å². The van der Waals surface area contributed by atoms with Gasteiger partial charge < -0.3 is 10.1 Å². The molecule has 3 rings (SSSR count). The highest BCUT2D eigenvalue weighted by Crippen LogP contribution is 2.37. The third-order valence-electron chi connectivity index (χ3n) is 6.49. The van der Waals surface area contributed by atoms with E-state index in [1.165, 1.54) is 22.3 Å². The Balaban J connectivity index is 1.93. The summed E-state index contributed by atoms with van der Waals surface area (Å²) in [5, 5.41) is 3.51. The standard InChI is InChI=1S/C29H38N2OS/c1-5-7-14-27(30-6-2)29(26-13-8-10-21(3)22(26)4)24-11-9-12-25(20-24)31-28(33)19-23-15-17-32-18-16-23/h6,8-14,20,23,29H,5,7,15-19H2,1-4H3,(H,31,33)/b27-14-,30-6?. The Kier molecular flexibility index (Phi) is 9.83. The SMILES string of the molecule is CC=N/C(=C\CCC)C(c1cccc(NC(=S)CC2CCOCC2)c1)c1cccc(C)c1C. The molecule has 2 aromatic rings. The van der Waals surface area contributed by atoms with Crippen LogP contribution < -0.4 is 5.32 Å². The number of rotatable bonds is 9. The van der Waals surface area contributed by atoms with Gasteiger partial charge in [-0.05, 0) is 80.3 Å². The number of hydrogen-bond acceptors (Lipinski definition) is 3. The first-order chi connectivity index (χ1) is 16.0. The van der Waals surface area contributed by atoms with Gasteiger partial charge in [0.25, 0.3) is 0 Å². The Labute approximate surface area is 205 Å². The smallest absolute Gasteiger partial charge is 0.0800 e. The number of benzene rings is 2. The molecule has 176 valence electrons. The van der Waals surface area contributed by atoms with Gasteiger partial charge >= 0.3 is 0 Å². The van der Waals surface area contributed by atoms with Crippen LogP contribution in [-0.2, 0) is 4.74 Å². The number of nitrogens with one attached hydrogen (secondary N) is 1. The van der Waals surface area contributed by atoms with E-state index in [0.29, 0.717) is 5.92 Å². The van der Waals surface area contributed by atoms with Gasteiger partial charge in [-0.3, -0.25) is 4.99 Å². The van der Waals surface area contributed by atoms with Gasteiger partial charge in [0, 0.05) is 37.2 Å². The second kappa shape index (κ2) is 12.8. The molecule has 1 fully saturated rings. The molecular weight excluding hydrogens is 424 g/mol. The summed E-state index contributed by atoms with van der Waals surface area (Å²) >= 11 is 5.72. The summed E-state index contributed by atoms with van der Waals surface area (Å²) in [6.45, 7) is 10.3. The van der Waals surface area contributed by atoms with Gasteiger partial charge in [-0.1, -0.05) is 62.0 Å². The maximum atomic E-state index is 5.72. The lowest BCUT2D eigenvalue weighted by Crippen LogP contribution is -2.21. The van der Waals surface area contributed by atoms with Crippen molar-refractivity contribution in [3.63, 3.8) is 0 Å². The van der Waals surface area contributed by atoms with E-state index in [0.717, 1.165) is 61.7 Å². The van der Waals surface area contributed by atoms with Gasteiger partial charge in [-0.2, -0.15) is 0 Å². The van der Waals surface area contributed by atoms with Crippen molar-refractivity contribution in [2.75, 3.05) is 18.5 Å². The normalized spacial score (nSPS) is 16.2. The Morgan fingerprint density at radius 1 is 1.18 bits per heavy atom. The summed E-state index contributed by atoms with van der Waals surface area (Å²) < 4.78 is 5.49. The van der Waals surface area contributed by atoms with Crippen LogP contribution in [0.3, 0.4) is 0 Å². The molecule has 33 heavy (non-hydrogen) atoms. The van der Waals surface area contributed by atoms with E-state index in [2.05, 4.69) is 74.6 Å². The average Bonchev–Trinajstić information content (AvgIpc) is 2.81. The van der Waals surface area contributed by atoms with E-state index in [9.17, 15) is 0 Å². The largest absolute Gasteiger partial charge is 0.381 e. The van der Waals surface area contributed by atoms with E-state index >= 15 is 0 Å². The van der Waals surface area contributed by atoms with Gasteiger partial charge in [-0.25, -0.2) is 0 Å². The van der Waals surface area contributed by atoms with E-state index < -0.39 is 0 Å². The molecule has 0 amide bonds. The van der Waals surface area contributed by atoms with Crippen molar-refractivity contribution in [3.8, 4) is 0 Å². The number of thiocarbonyl (C=S) groups is 1. The van der Waals surface area contributed by atoms with Crippen LogP contribution in [0.25, 0.3) is 0 Å². The molecule has 0 bridgehead atoms. The highest BCUT2D eigenvalue weighted by Gasteiger charge is 2.22. The molecule has 1 heterocycles. The molecular formula is C29H38N2OS. The first kappa shape index (κ1) is 25.3. The third kappa shape index (κ3) is 7.09. The lowest BCUT2D eigenvalue weighted by molar-refractivity contribution is 0.0686. The number of anilines is 1. The van der Waals surface area contributed by atoms with E-state index in [-0.39, 0.29) is 5.92 Å². The van der Waals surface area contributed by atoms with Gasteiger partial charge in [0.1, 0.15) is 0 Å². The molecule has 1 aliphatic heterocycles. The highest BCUT2D eigenvalue weighted by molar-refractivity contribution is 7.80.